The van der Waals surface area contributed by atoms with Gasteiger partial charge in [-0.25, -0.2) is 8.42 Å². The first-order valence-corrected chi connectivity index (χ1v) is 9.86. The fourth-order valence-corrected chi connectivity index (χ4v) is 4.45. The predicted octanol–water partition coefficient (Wildman–Crippen LogP) is 1.30. The Hall–Kier alpha value is -2.45. The molecule has 1 saturated heterocycles. The SMILES string of the molecule is CN(C(=O)Cn1cc(S(=O)(=O)N2CCCC2)ccc1=O)c1ccccc1. The van der Waals surface area contributed by atoms with Crippen LogP contribution in [0.4, 0.5) is 5.69 Å². The molecule has 0 atom stereocenters. The number of carbonyl (C=O) groups is 1. The molecule has 0 bridgehead atoms. The molecule has 0 aliphatic carbocycles. The van der Waals surface area contributed by atoms with E-state index in [1.807, 2.05) is 18.2 Å². The largest absolute Gasteiger partial charge is 0.314 e. The van der Waals surface area contributed by atoms with E-state index in [0.717, 1.165) is 17.4 Å². The van der Waals surface area contributed by atoms with E-state index in [4.69, 9.17) is 0 Å². The van der Waals surface area contributed by atoms with Crippen LogP contribution < -0.4 is 10.5 Å². The number of carbonyl (C=O) groups excluding carboxylic acids is 1. The number of hydrogen-bond donors (Lipinski definition) is 0. The quantitative estimate of drug-likeness (QED) is 0.789. The Morgan fingerprint density at radius 1 is 1.08 bits per heavy atom. The zero-order chi connectivity index (χ0) is 18.7. The fourth-order valence-electron chi connectivity index (χ4n) is 2.91. The molecular formula is C18H21N3O4S. The van der Waals surface area contributed by atoms with E-state index in [0.29, 0.717) is 18.8 Å². The highest BCUT2D eigenvalue weighted by Gasteiger charge is 2.27. The number of anilines is 1. The van der Waals surface area contributed by atoms with E-state index < -0.39 is 15.6 Å². The molecule has 1 aliphatic rings. The molecule has 0 unspecified atom stereocenters. The smallest absolute Gasteiger partial charge is 0.251 e. The summed E-state index contributed by atoms with van der Waals surface area (Å²) in [7, 11) is -2.02. The zero-order valence-corrected chi connectivity index (χ0v) is 15.4. The fraction of sp³-hybridized carbons (Fsp3) is 0.333. The minimum atomic E-state index is -3.64. The number of hydrogen-bond acceptors (Lipinski definition) is 4. The molecule has 0 spiro atoms. The average Bonchev–Trinajstić information content (AvgIpc) is 3.19. The van der Waals surface area contributed by atoms with Crippen LogP contribution in [0, 0.1) is 0 Å². The lowest BCUT2D eigenvalue weighted by atomic mass is 10.3. The van der Waals surface area contributed by atoms with Gasteiger partial charge in [-0.1, -0.05) is 18.2 Å². The average molecular weight is 375 g/mol. The van der Waals surface area contributed by atoms with E-state index in [1.54, 1.807) is 19.2 Å². The Balaban J connectivity index is 1.84. The van der Waals surface area contributed by atoms with Crippen molar-refractivity contribution in [3.8, 4) is 0 Å². The molecule has 1 fully saturated rings. The molecule has 0 saturated carbocycles. The second-order valence-corrected chi connectivity index (χ2v) is 8.17. The van der Waals surface area contributed by atoms with E-state index in [9.17, 15) is 18.0 Å². The molecule has 0 radical (unpaired) electrons. The Kier molecular flexibility index (Phi) is 5.24. The lowest BCUT2D eigenvalue weighted by molar-refractivity contribution is -0.118. The third-order valence-electron chi connectivity index (χ3n) is 4.48. The second-order valence-electron chi connectivity index (χ2n) is 6.23. The summed E-state index contributed by atoms with van der Waals surface area (Å²) < 4.78 is 27.9. The van der Waals surface area contributed by atoms with E-state index in [-0.39, 0.29) is 17.3 Å². The van der Waals surface area contributed by atoms with Crippen molar-refractivity contribution in [2.45, 2.75) is 24.3 Å². The minimum absolute atomic E-state index is 0.0363. The first-order chi connectivity index (χ1) is 12.4. The minimum Gasteiger partial charge on any atom is -0.314 e. The zero-order valence-electron chi connectivity index (χ0n) is 14.5. The molecule has 1 aromatic heterocycles. The normalized spacial score (nSPS) is 15.1. The van der Waals surface area contributed by atoms with Crippen LogP contribution in [0.3, 0.4) is 0 Å². The number of likely N-dealkylation sites (N-methyl/N-ethyl adjacent to an activating group) is 1. The van der Waals surface area contributed by atoms with Crippen molar-refractivity contribution >= 4 is 21.6 Å². The summed E-state index contributed by atoms with van der Waals surface area (Å²) in [6.07, 6.45) is 2.92. The lowest BCUT2D eigenvalue weighted by Crippen LogP contribution is -2.34. The van der Waals surface area contributed by atoms with Gasteiger partial charge in [-0.2, -0.15) is 4.31 Å². The molecule has 2 aromatic rings. The Morgan fingerprint density at radius 3 is 2.38 bits per heavy atom. The molecular weight excluding hydrogens is 354 g/mol. The number of benzene rings is 1. The molecule has 1 aromatic carbocycles. The molecule has 26 heavy (non-hydrogen) atoms. The van der Waals surface area contributed by atoms with E-state index in [1.165, 1.54) is 27.5 Å². The van der Waals surface area contributed by atoms with Gasteiger partial charge in [0.15, 0.2) is 0 Å². The Bertz CT molecular complexity index is 948. The number of rotatable bonds is 5. The van der Waals surface area contributed by atoms with Crippen molar-refractivity contribution in [3.05, 3.63) is 59.0 Å². The lowest BCUT2D eigenvalue weighted by Gasteiger charge is -2.19. The van der Waals surface area contributed by atoms with Gasteiger partial charge >= 0.3 is 0 Å². The van der Waals surface area contributed by atoms with Crippen molar-refractivity contribution in [2.24, 2.45) is 0 Å². The third-order valence-corrected chi connectivity index (χ3v) is 6.36. The molecule has 7 nitrogen and oxygen atoms in total. The van der Waals surface area contributed by atoms with Gasteiger partial charge in [0.2, 0.25) is 15.9 Å². The summed E-state index contributed by atoms with van der Waals surface area (Å²) in [6.45, 7) is 0.738. The summed E-state index contributed by atoms with van der Waals surface area (Å²) in [5.74, 6) is -0.311. The number of amides is 1. The summed E-state index contributed by atoms with van der Waals surface area (Å²) in [5.41, 5.74) is 0.284. The number of nitrogens with zero attached hydrogens (tertiary/aromatic N) is 3. The van der Waals surface area contributed by atoms with Crippen LogP contribution in [-0.2, 0) is 21.4 Å². The molecule has 2 heterocycles. The topological polar surface area (TPSA) is 79.7 Å². The molecule has 138 valence electrons. The van der Waals surface area contributed by atoms with Gasteiger partial charge in [0, 0.05) is 38.1 Å². The van der Waals surface area contributed by atoms with Crippen LogP contribution in [-0.4, -0.2) is 43.3 Å². The van der Waals surface area contributed by atoms with Gasteiger partial charge in [0.05, 0.1) is 4.90 Å². The standard InChI is InChI=1S/C18H21N3O4S/c1-19(15-7-3-2-4-8-15)18(23)14-20-13-16(9-10-17(20)22)26(24,25)21-11-5-6-12-21/h2-4,7-10,13H,5-6,11-12,14H2,1H3. The van der Waals surface area contributed by atoms with E-state index in [2.05, 4.69) is 0 Å². The van der Waals surface area contributed by atoms with Crippen LogP contribution in [0.1, 0.15) is 12.8 Å². The predicted molar refractivity (Wildman–Crippen MR) is 98.5 cm³/mol. The van der Waals surface area contributed by atoms with Gasteiger partial charge in [-0.3, -0.25) is 9.59 Å². The monoisotopic (exact) mass is 375 g/mol. The molecule has 0 N–H and O–H groups in total. The van der Waals surface area contributed by atoms with Gasteiger partial charge in [-0.05, 0) is 31.0 Å². The summed E-state index contributed by atoms with van der Waals surface area (Å²) in [6, 6.07) is 11.5. The molecule has 1 aliphatic heterocycles. The summed E-state index contributed by atoms with van der Waals surface area (Å²) >= 11 is 0. The summed E-state index contributed by atoms with van der Waals surface area (Å²) in [4.78, 5) is 26.1. The van der Waals surface area contributed by atoms with E-state index >= 15 is 0 Å². The van der Waals surface area contributed by atoms with Crippen LogP contribution in [0.15, 0.2) is 58.4 Å². The van der Waals surface area contributed by atoms with Crippen molar-refractivity contribution < 1.29 is 13.2 Å². The Morgan fingerprint density at radius 2 is 1.73 bits per heavy atom. The highest BCUT2D eigenvalue weighted by atomic mass is 32.2. The number of aromatic nitrogens is 1. The first kappa shape index (κ1) is 18.3. The van der Waals surface area contributed by atoms with Gasteiger partial charge < -0.3 is 9.47 Å². The van der Waals surface area contributed by atoms with Crippen LogP contribution in [0.5, 0.6) is 0 Å². The molecule has 3 rings (SSSR count). The third kappa shape index (κ3) is 3.71. The maximum Gasteiger partial charge on any atom is 0.251 e. The van der Waals surface area contributed by atoms with Crippen molar-refractivity contribution in [2.75, 3.05) is 25.0 Å². The maximum atomic E-state index is 12.7. The summed E-state index contributed by atoms with van der Waals surface area (Å²) in [5, 5.41) is 0. The van der Waals surface area contributed by atoms with Gasteiger partial charge in [0.25, 0.3) is 5.56 Å². The van der Waals surface area contributed by atoms with Crippen molar-refractivity contribution in [1.82, 2.24) is 8.87 Å². The van der Waals surface area contributed by atoms with Gasteiger partial charge in [-0.15, -0.1) is 0 Å². The number of sulfonamides is 1. The van der Waals surface area contributed by atoms with Crippen molar-refractivity contribution in [1.29, 1.82) is 0 Å². The van der Waals surface area contributed by atoms with Crippen LogP contribution >= 0.6 is 0 Å². The van der Waals surface area contributed by atoms with Crippen LogP contribution in [0.25, 0.3) is 0 Å². The van der Waals surface area contributed by atoms with Crippen LogP contribution in [0.2, 0.25) is 0 Å². The molecule has 1 amide bonds. The first-order valence-electron chi connectivity index (χ1n) is 8.42. The second kappa shape index (κ2) is 7.43. The Labute approximate surface area is 152 Å². The highest BCUT2D eigenvalue weighted by molar-refractivity contribution is 7.89. The highest BCUT2D eigenvalue weighted by Crippen LogP contribution is 2.20. The number of pyridine rings is 1. The van der Waals surface area contributed by atoms with Gasteiger partial charge in [0.1, 0.15) is 6.54 Å². The maximum absolute atomic E-state index is 12.7. The molecule has 8 heteroatoms. The van der Waals surface area contributed by atoms with Crippen molar-refractivity contribution in [3.63, 3.8) is 0 Å². The number of para-hydroxylation sites is 1.